The average Bonchev–Trinajstić information content (AvgIpc) is 2.61. The van der Waals surface area contributed by atoms with Crippen molar-refractivity contribution in [2.24, 2.45) is 0 Å². The molecule has 6 heteroatoms. The van der Waals surface area contributed by atoms with Crippen molar-refractivity contribution in [1.29, 1.82) is 0 Å². The molecule has 3 rings (SSSR count). The highest BCUT2D eigenvalue weighted by Crippen LogP contribution is 2.33. The summed E-state index contributed by atoms with van der Waals surface area (Å²) in [7, 11) is -2.01. The molecule has 0 aromatic heterocycles. The fourth-order valence-corrected chi connectivity index (χ4v) is 3.76. The number of sulfonamides is 1. The van der Waals surface area contributed by atoms with E-state index in [4.69, 9.17) is 9.47 Å². The lowest BCUT2D eigenvalue weighted by Gasteiger charge is -2.21. The first kappa shape index (κ1) is 16.8. The van der Waals surface area contributed by atoms with Crippen molar-refractivity contribution in [2.75, 3.05) is 20.3 Å². The summed E-state index contributed by atoms with van der Waals surface area (Å²) < 4.78 is 37.8. The summed E-state index contributed by atoms with van der Waals surface area (Å²) in [5, 5.41) is 0. The maximum Gasteiger partial charge on any atom is 0.243 e. The maximum absolute atomic E-state index is 12.8. The molecule has 1 heterocycles. The van der Waals surface area contributed by atoms with Crippen molar-refractivity contribution >= 4 is 10.0 Å². The third kappa shape index (κ3) is 3.39. The summed E-state index contributed by atoms with van der Waals surface area (Å²) in [5.41, 5.74) is 2.19. The third-order valence-corrected chi connectivity index (χ3v) is 5.86. The molecule has 5 nitrogen and oxygen atoms in total. The summed E-state index contributed by atoms with van der Waals surface area (Å²) >= 11 is 0. The number of benzene rings is 2. The van der Waals surface area contributed by atoms with Crippen molar-refractivity contribution in [3.63, 3.8) is 0 Å². The molecule has 0 unspecified atom stereocenters. The maximum atomic E-state index is 12.8. The van der Waals surface area contributed by atoms with Crippen molar-refractivity contribution in [3.8, 4) is 11.5 Å². The summed E-state index contributed by atoms with van der Waals surface area (Å²) in [6.45, 7) is 3.32. The Morgan fingerprint density at radius 1 is 0.958 bits per heavy atom. The number of nitrogens with zero attached hydrogens (tertiary/aromatic N) is 1. The van der Waals surface area contributed by atoms with Gasteiger partial charge in [-0.2, -0.15) is 4.31 Å². The molecule has 0 spiro atoms. The summed E-state index contributed by atoms with van der Waals surface area (Å²) in [6.07, 6.45) is 0.964. The molecule has 1 aliphatic rings. The highest BCUT2D eigenvalue weighted by Gasteiger charge is 2.23. The lowest BCUT2D eigenvalue weighted by molar-refractivity contribution is 0.171. The molecule has 0 saturated heterocycles. The minimum absolute atomic E-state index is 0.208. The molecule has 0 bridgehead atoms. The van der Waals surface area contributed by atoms with Crippen molar-refractivity contribution in [2.45, 2.75) is 24.8 Å². The molecular formula is C18H21NO4S. The van der Waals surface area contributed by atoms with Gasteiger partial charge in [0.1, 0.15) is 13.2 Å². The van der Waals surface area contributed by atoms with E-state index in [1.807, 2.05) is 24.3 Å². The predicted molar refractivity (Wildman–Crippen MR) is 91.9 cm³/mol. The van der Waals surface area contributed by atoms with E-state index < -0.39 is 10.0 Å². The van der Waals surface area contributed by atoms with Crippen molar-refractivity contribution < 1.29 is 17.9 Å². The quantitative estimate of drug-likeness (QED) is 0.835. The number of rotatable bonds is 5. The van der Waals surface area contributed by atoms with Gasteiger partial charge in [0.25, 0.3) is 0 Å². The predicted octanol–water partition coefficient (Wildman–Crippen LogP) is 2.84. The Morgan fingerprint density at radius 3 is 2.25 bits per heavy atom. The van der Waals surface area contributed by atoms with Crippen LogP contribution in [0.1, 0.15) is 18.1 Å². The summed E-state index contributed by atoms with van der Waals surface area (Å²) in [6, 6.07) is 12.7. The molecule has 0 fully saturated rings. The molecule has 2 aromatic rings. The van der Waals surface area contributed by atoms with Crippen LogP contribution in [0, 0.1) is 0 Å². The molecule has 0 atom stereocenters. The fourth-order valence-electron chi connectivity index (χ4n) is 2.59. The van der Waals surface area contributed by atoms with Gasteiger partial charge in [0.15, 0.2) is 11.5 Å². The number of aryl methyl sites for hydroxylation is 1. The largest absolute Gasteiger partial charge is 0.486 e. The Kier molecular flexibility index (Phi) is 4.78. The molecule has 2 aromatic carbocycles. The molecule has 24 heavy (non-hydrogen) atoms. The number of hydrogen-bond donors (Lipinski definition) is 0. The molecule has 0 N–H and O–H groups in total. The van der Waals surface area contributed by atoms with Gasteiger partial charge >= 0.3 is 0 Å². The number of hydrogen-bond acceptors (Lipinski definition) is 4. The highest BCUT2D eigenvalue weighted by molar-refractivity contribution is 7.89. The second kappa shape index (κ2) is 6.83. The van der Waals surface area contributed by atoms with Gasteiger partial charge < -0.3 is 9.47 Å². The van der Waals surface area contributed by atoms with Crippen LogP contribution < -0.4 is 9.47 Å². The lowest BCUT2D eigenvalue weighted by Crippen LogP contribution is -2.26. The molecular weight excluding hydrogens is 326 g/mol. The Bertz CT molecular complexity index is 815. The zero-order valence-corrected chi connectivity index (χ0v) is 14.7. The van der Waals surface area contributed by atoms with Gasteiger partial charge in [0.05, 0.1) is 4.90 Å². The van der Waals surface area contributed by atoms with Gasteiger partial charge in [-0.25, -0.2) is 8.42 Å². The third-order valence-electron chi connectivity index (χ3n) is 4.06. The van der Waals surface area contributed by atoms with Crippen molar-refractivity contribution in [1.82, 2.24) is 4.31 Å². The first-order valence-electron chi connectivity index (χ1n) is 7.94. The normalized spacial score (nSPS) is 14.0. The molecule has 1 aliphatic heterocycles. The Balaban J connectivity index is 1.80. The Labute approximate surface area is 142 Å². The Morgan fingerprint density at radius 2 is 1.58 bits per heavy atom. The van der Waals surface area contributed by atoms with E-state index in [2.05, 4.69) is 6.92 Å². The van der Waals surface area contributed by atoms with Crippen LogP contribution in [0.4, 0.5) is 0 Å². The number of fused-ring (bicyclic) bond motifs is 1. The summed E-state index contributed by atoms with van der Waals surface area (Å²) in [4.78, 5) is 0.208. The molecule has 0 amide bonds. The van der Waals surface area contributed by atoms with Crippen LogP contribution in [0.3, 0.4) is 0 Å². The van der Waals surface area contributed by atoms with Crippen LogP contribution in [0.5, 0.6) is 11.5 Å². The second-order valence-corrected chi connectivity index (χ2v) is 7.78. The van der Waals surface area contributed by atoms with Gasteiger partial charge in [-0.1, -0.05) is 31.2 Å². The minimum Gasteiger partial charge on any atom is -0.486 e. The zero-order valence-electron chi connectivity index (χ0n) is 13.9. The second-order valence-electron chi connectivity index (χ2n) is 5.74. The fraction of sp³-hybridized carbons (Fsp3) is 0.333. The first-order valence-corrected chi connectivity index (χ1v) is 9.38. The van der Waals surface area contributed by atoms with Crippen LogP contribution in [-0.2, 0) is 23.0 Å². The average molecular weight is 347 g/mol. The molecule has 128 valence electrons. The Hall–Kier alpha value is -2.05. The van der Waals surface area contributed by atoms with Crippen LogP contribution >= 0.6 is 0 Å². The van der Waals surface area contributed by atoms with E-state index in [9.17, 15) is 8.42 Å². The van der Waals surface area contributed by atoms with Crippen LogP contribution in [0.15, 0.2) is 47.4 Å². The van der Waals surface area contributed by atoms with E-state index in [1.54, 1.807) is 19.2 Å². The van der Waals surface area contributed by atoms with Gasteiger partial charge in [-0.05, 0) is 29.7 Å². The van der Waals surface area contributed by atoms with Gasteiger partial charge in [-0.3, -0.25) is 0 Å². The van der Waals surface area contributed by atoms with E-state index in [-0.39, 0.29) is 4.90 Å². The monoisotopic (exact) mass is 347 g/mol. The van der Waals surface area contributed by atoms with E-state index in [0.29, 0.717) is 31.3 Å². The molecule has 0 saturated carbocycles. The van der Waals surface area contributed by atoms with Crippen LogP contribution in [0.2, 0.25) is 0 Å². The van der Waals surface area contributed by atoms with Crippen molar-refractivity contribution in [3.05, 3.63) is 53.6 Å². The van der Waals surface area contributed by atoms with Crippen LogP contribution in [-0.4, -0.2) is 33.0 Å². The van der Waals surface area contributed by atoms with Gasteiger partial charge in [0.2, 0.25) is 10.0 Å². The minimum atomic E-state index is -3.59. The molecule has 0 radical (unpaired) electrons. The van der Waals surface area contributed by atoms with Crippen LogP contribution in [0.25, 0.3) is 0 Å². The summed E-state index contributed by atoms with van der Waals surface area (Å²) in [5.74, 6) is 1.06. The van der Waals surface area contributed by atoms with E-state index >= 15 is 0 Å². The van der Waals surface area contributed by atoms with E-state index in [1.165, 1.54) is 15.9 Å². The van der Waals surface area contributed by atoms with Gasteiger partial charge in [0, 0.05) is 19.7 Å². The smallest absolute Gasteiger partial charge is 0.243 e. The lowest BCUT2D eigenvalue weighted by atomic mass is 10.1. The van der Waals surface area contributed by atoms with Gasteiger partial charge in [-0.15, -0.1) is 0 Å². The topological polar surface area (TPSA) is 55.8 Å². The first-order chi connectivity index (χ1) is 11.5. The SMILES string of the molecule is CCc1ccc(CN(C)S(=O)(=O)c2ccc3c(c2)OCCO3)cc1. The number of ether oxygens (including phenoxy) is 2. The molecule has 0 aliphatic carbocycles. The highest BCUT2D eigenvalue weighted by atomic mass is 32.2. The zero-order chi connectivity index (χ0) is 17.2. The van der Waals surface area contributed by atoms with E-state index in [0.717, 1.165) is 12.0 Å². The standard InChI is InChI=1S/C18H21NO4S/c1-3-14-4-6-15(7-5-14)13-19(2)24(20,21)16-8-9-17-18(12-16)23-11-10-22-17/h4-9,12H,3,10-11,13H2,1-2H3.